The van der Waals surface area contributed by atoms with Gasteiger partial charge in [-0.3, -0.25) is 0 Å². The van der Waals surface area contributed by atoms with Crippen LogP contribution < -0.4 is 15.2 Å². The Morgan fingerprint density at radius 2 is 1.81 bits per heavy atom. The molecule has 0 unspecified atom stereocenters. The lowest BCUT2D eigenvalue weighted by atomic mass is 10.0. The summed E-state index contributed by atoms with van der Waals surface area (Å²) in [6.07, 6.45) is 0. The molecule has 0 aliphatic rings. The summed E-state index contributed by atoms with van der Waals surface area (Å²) in [5.41, 5.74) is 7.53. The van der Waals surface area contributed by atoms with Crippen molar-refractivity contribution in [3.05, 3.63) is 40.7 Å². The van der Waals surface area contributed by atoms with Crippen molar-refractivity contribution in [2.75, 3.05) is 14.2 Å². The van der Waals surface area contributed by atoms with Crippen LogP contribution in [0, 0.1) is 0 Å². The van der Waals surface area contributed by atoms with E-state index in [1.165, 1.54) is 0 Å². The minimum absolute atomic E-state index is 0.446. The quantitative estimate of drug-likeness (QED) is 0.802. The smallest absolute Gasteiger partial charge is 0.132 e. The summed E-state index contributed by atoms with van der Waals surface area (Å²) < 4.78 is 11.0. The SMILES string of the molecule is COc1cc(OC)c2ccccc2c1-c1csc(CN)n1. The van der Waals surface area contributed by atoms with Crippen molar-refractivity contribution in [1.29, 1.82) is 0 Å². The lowest BCUT2D eigenvalue weighted by Crippen LogP contribution is -1.96. The highest BCUT2D eigenvalue weighted by Gasteiger charge is 2.17. The van der Waals surface area contributed by atoms with Crippen LogP contribution in [0.25, 0.3) is 22.0 Å². The van der Waals surface area contributed by atoms with E-state index in [1.807, 2.05) is 29.6 Å². The number of hydrogen-bond donors (Lipinski definition) is 1. The lowest BCUT2D eigenvalue weighted by molar-refractivity contribution is 0.399. The Morgan fingerprint density at radius 1 is 1.10 bits per heavy atom. The van der Waals surface area contributed by atoms with E-state index in [-0.39, 0.29) is 0 Å². The van der Waals surface area contributed by atoms with Crippen LogP contribution in [0.2, 0.25) is 0 Å². The first kappa shape index (κ1) is 13.9. The van der Waals surface area contributed by atoms with Gasteiger partial charge in [-0.2, -0.15) is 0 Å². The molecule has 0 aliphatic heterocycles. The van der Waals surface area contributed by atoms with Gasteiger partial charge in [0.05, 0.1) is 25.5 Å². The third-order valence-corrected chi connectivity index (χ3v) is 4.26. The number of ether oxygens (including phenoxy) is 2. The number of rotatable bonds is 4. The van der Waals surface area contributed by atoms with E-state index in [4.69, 9.17) is 15.2 Å². The van der Waals surface area contributed by atoms with E-state index in [1.54, 1.807) is 25.6 Å². The fourth-order valence-electron chi connectivity index (χ4n) is 2.43. The van der Waals surface area contributed by atoms with E-state index in [0.29, 0.717) is 6.54 Å². The lowest BCUT2D eigenvalue weighted by Gasteiger charge is -2.13. The molecule has 2 aromatic carbocycles. The molecule has 0 bridgehead atoms. The molecule has 108 valence electrons. The molecule has 0 saturated heterocycles. The first-order chi connectivity index (χ1) is 10.3. The van der Waals surface area contributed by atoms with Crippen molar-refractivity contribution < 1.29 is 9.47 Å². The molecule has 0 radical (unpaired) electrons. The van der Waals surface area contributed by atoms with Gasteiger partial charge in [0, 0.05) is 23.4 Å². The molecule has 21 heavy (non-hydrogen) atoms. The molecule has 5 heteroatoms. The molecule has 2 N–H and O–H groups in total. The average Bonchev–Trinajstić information content (AvgIpc) is 3.01. The normalized spacial score (nSPS) is 10.8. The Bertz CT molecular complexity index is 783. The maximum atomic E-state index is 5.67. The van der Waals surface area contributed by atoms with Crippen molar-refractivity contribution in [3.8, 4) is 22.8 Å². The maximum Gasteiger partial charge on any atom is 0.132 e. The van der Waals surface area contributed by atoms with Gasteiger partial charge in [-0.25, -0.2) is 4.98 Å². The summed E-state index contributed by atoms with van der Waals surface area (Å²) in [7, 11) is 3.32. The van der Waals surface area contributed by atoms with Crippen molar-refractivity contribution in [2.24, 2.45) is 5.73 Å². The summed E-state index contributed by atoms with van der Waals surface area (Å²) in [6, 6.07) is 9.98. The van der Waals surface area contributed by atoms with Crippen LogP contribution in [0.3, 0.4) is 0 Å². The number of benzene rings is 2. The van der Waals surface area contributed by atoms with Crippen LogP contribution in [-0.2, 0) is 6.54 Å². The second kappa shape index (κ2) is 5.71. The standard InChI is InChI=1S/C16H16N2O2S/c1-19-13-7-14(20-2)16(11-6-4-3-5-10(11)13)12-9-21-15(8-17)18-12/h3-7,9H,8,17H2,1-2H3. The maximum absolute atomic E-state index is 5.67. The molecule has 0 fully saturated rings. The van der Waals surface area contributed by atoms with Crippen LogP contribution in [-0.4, -0.2) is 19.2 Å². The van der Waals surface area contributed by atoms with Crippen molar-refractivity contribution in [2.45, 2.75) is 6.54 Å². The Balaban J connectivity index is 2.34. The van der Waals surface area contributed by atoms with Gasteiger partial charge in [0.25, 0.3) is 0 Å². The third-order valence-electron chi connectivity index (χ3n) is 3.39. The Kier molecular flexibility index (Phi) is 3.77. The average molecular weight is 300 g/mol. The fraction of sp³-hybridized carbons (Fsp3) is 0.188. The zero-order valence-electron chi connectivity index (χ0n) is 11.9. The predicted octanol–water partition coefficient (Wildman–Crippen LogP) is 3.44. The van der Waals surface area contributed by atoms with Gasteiger partial charge < -0.3 is 15.2 Å². The molecule has 0 spiro atoms. The highest BCUT2D eigenvalue weighted by atomic mass is 32.1. The van der Waals surface area contributed by atoms with Gasteiger partial charge in [0.15, 0.2) is 0 Å². The van der Waals surface area contributed by atoms with E-state index in [2.05, 4.69) is 11.1 Å². The number of thiazole rings is 1. The number of nitrogens with zero attached hydrogens (tertiary/aromatic N) is 1. The van der Waals surface area contributed by atoms with E-state index in [0.717, 1.165) is 38.5 Å². The van der Waals surface area contributed by atoms with Crippen LogP contribution in [0.5, 0.6) is 11.5 Å². The van der Waals surface area contributed by atoms with E-state index in [9.17, 15) is 0 Å². The number of hydrogen-bond acceptors (Lipinski definition) is 5. The molecule has 3 rings (SSSR count). The monoisotopic (exact) mass is 300 g/mol. The summed E-state index contributed by atoms with van der Waals surface area (Å²) in [4.78, 5) is 4.59. The van der Waals surface area contributed by atoms with Gasteiger partial charge in [0.2, 0.25) is 0 Å². The second-order valence-corrected chi connectivity index (χ2v) is 5.47. The first-order valence-corrected chi connectivity index (χ1v) is 7.45. The third kappa shape index (κ3) is 2.34. The van der Waals surface area contributed by atoms with Gasteiger partial charge in [0.1, 0.15) is 16.5 Å². The first-order valence-electron chi connectivity index (χ1n) is 6.57. The Morgan fingerprint density at radius 3 is 2.43 bits per heavy atom. The Hall–Kier alpha value is -2.11. The molecule has 0 aliphatic carbocycles. The summed E-state index contributed by atoms with van der Waals surface area (Å²) in [6.45, 7) is 0.446. The van der Waals surface area contributed by atoms with E-state index >= 15 is 0 Å². The summed E-state index contributed by atoms with van der Waals surface area (Å²) in [5, 5.41) is 5.02. The van der Waals surface area contributed by atoms with Crippen LogP contribution in [0.1, 0.15) is 5.01 Å². The minimum atomic E-state index is 0.446. The van der Waals surface area contributed by atoms with Crippen molar-refractivity contribution in [3.63, 3.8) is 0 Å². The molecule has 0 amide bonds. The number of aromatic nitrogens is 1. The van der Waals surface area contributed by atoms with Crippen LogP contribution >= 0.6 is 11.3 Å². The number of fused-ring (bicyclic) bond motifs is 1. The van der Waals surface area contributed by atoms with Crippen molar-refractivity contribution in [1.82, 2.24) is 4.98 Å². The van der Waals surface area contributed by atoms with Gasteiger partial charge in [-0.05, 0) is 5.39 Å². The van der Waals surface area contributed by atoms with Crippen LogP contribution in [0.4, 0.5) is 0 Å². The number of nitrogens with two attached hydrogens (primary N) is 1. The van der Waals surface area contributed by atoms with Gasteiger partial charge in [-0.1, -0.05) is 24.3 Å². The topological polar surface area (TPSA) is 57.4 Å². The molecule has 1 heterocycles. The molecule has 0 saturated carbocycles. The Labute approximate surface area is 127 Å². The summed E-state index contributed by atoms with van der Waals surface area (Å²) in [5.74, 6) is 1.54. The predicted molar refractivity (Wildman–Crippen MR) is 86.1 cm³/mol. The molecule has 3 aromatic rings. The van der Waals surface area contributed by atoms with Gasteiger partial charge in [-0.15, -0.1) is 11.3 Å². The molecule has 1 aromatic heterocycles. The fourth-order valence-corrected chi connectivity index (χ4v) is 3.10. The largest absolute Gasteiger partial charge is 0.496 e. The zero-order chi connectivity index (χ0) is 14.8. The molecule has 0 atom stereocenters. The van der Waals surface area contributed by atoms with Gasteiger partial charge >= 0.3 is 0 Å². The number of methoxy groups -OCH3 is 2. The summed E-state index contributed by atoms with van der Waals surface area (Å²) >= 11 is 1.56. The van der Waals surface area contributed by atoms with Crippen molar-refractivity contribution >= 4 is 22.1 Å². The second-order valence-electron chi connectivity index (χ2n) is 4.53. The van der Waals surface area contributed by atoms with E-state index < -0.39 is 0 Å². The zero-order valence-corrected chi connectivity index (χ0v) is 12.7. The minimum Gasteiger partial charge on any atom is -0.496 e. The molecular formula is C16H16N2O2S. The highest BCUT2D eigenvalue weighted by molar-refractivity contribution is 7.09. The molecule has 4 nitrogen and oxygen atoms in total. The molecular weight excluding hydrogens is 284 g/mol. The highest BCUT2D eigenvalue weighted by Crippen LogP contribution is 2.42. The van der Waals surface area contributed by atoms with Crippen LogP contribution in [0.15, 0.2) is 35.7 Å².